The third-order valence-electron chi connectivity index (χ3n) is 1.33. The van der Waals surface area contributed by atoms with Crippen LogP contribution in [0.15, 0.2) is 12.7 Å². The van der Waals surface area contributed by atoms with Gasteiger partial charge in [-0.3, -0.25) is 4.55 Å². The van der Waals surface area contributed by atoms with Crippen LogP contribution in [0.5, 0.6) is 0 Å². The summed E-state index contributed by atoms with van der Waals surface area (Å²) in [5.74, 6) is -0.181. The minimum Gasteiger partial charge on any atom is -0.394 e. The Balaban J connectivity index is 3.06. The minimum atomic E-state index is -4.37. The maximum absolute atomic E-state index is 10.7. The first-order chi connectivity index (χ1) is 6.05. The highest BCUT2D eigenvalue weighted by Crippen LogP contribution is 2.14. The van der Waals surface area contributed by atoms with Crippen LogP contribution in [-0.4, -0.2) is 39.6 Å². The molecule has 13 heavy (non-hydrogen) atoms. The highest BCUT2D eigenvalue weighted by molar-refractivity contribution is 7.86. The van der Waals surface area contributed by atoms with Crippen molar-refractivity contribution in [1.82, 2.24) is 15.0 Å². The largest absolute Gasteiger partial charge is 0.394 e. The van der Waals surface area contributed by atoms with Crippen molar-refractivity contribution >= 4 is 10.1 Å². The molecule has 0 radical (unpaired) electrons. The van der Waals surface area contributed by atoms with E-state index in [-0.39, 0.29) is 5.82 Å². The van der Waals surface area contributed by atoms with Gasteiger partial charge in [0.2, 0.25) is 0 Å². The summed E-state index contributed by atoms with van der Waals surface area (Å²) in [5.41, 5.74) is 0. The van der Waals surface area contributed by atoms with Crippen LogP contribution < -0.4 is 0 Å². The van der Waals surface area contributed by atoms with E-state index in [0.29, 0.717) is 0 Å². The highest BCUT2D eigenvalue weighted by Gasteiger charge is 2.26. The molecule has 1 rings (SSSR count). The van der Waals surface area contributed by atoms with Gasteiger partial charge >= 0.3 is 0 Å². The average molecular weight is 205 g/mol. The fraction of sp³-hybridized carbons (Fsp3) is 0.400. The first-order valence-corrected chi connectivity index (χ1v) is 4.75. The number of nitrogens with zero attached hydrogens (tertiary/aromatic N) is 3. The van der Waals surface area contributed by atoms with E-state index in [1.165, 1.54) is 0 Å². The van der Waals surface area contributed by atoms with Crippen molar-refractivity contribution in [2.24, 2.45) is 0 Å². The van der Waals surface area contributed by atoms with Gasteiger partial charge in [-0.15, -0.1) is 0 Å². The number of rotatable bonds is 3. The van der Waals surface area contributed by atoms with E-state index in [0.717, 1.165) is 12.7 Å². The van der Waals surface area contributed by atoms with Crippen molar-refractivity contribution in [1.29, 1.82) is 0 Å². The van der Waals surface area contributed by atoms with Crippen molar-refractivity contribution in [3.63, 3.8) is 0 Å². The van der Waals surface area contributed by atoms with Crippen LogP contribution in [0.1, 0.15) is 11.1 Å². The van der Waals surface area contributed by atoms with E-state index in [2.05, 4.69) is 15.0 Å². The summed E-state index contributed by atoms with van der Waals surface area (Å²) in [7, 11) is -4.37. The van der Waals surface area contributed by atoms with Crippen molar-refractivity contribution in [3.05, 3.63) is 18.5 Å². The molecule has 0 fully saturated rings. The number of hydrogen-bond acceptors (Lipinski definition) is 6. The van der Waals surface area contributed by atoms with E-state index >= 15 is 0 Å². The fourth-order valence-electron chi connectivity index (χ4n) is 0.723. The lowest BCUT2D eigenvalue weighted by Gasteiger charge is -2.07. The van der Waals surface area contributed by atoms with Gasteiger partial charge < -0.3 is 5.11 Å². The lowest BCUT2D eigenvalue weighted by Crippen LogP contribution is -2.18. The Morgan fingerprint density at radius 1 is 1.38 bits per heavy atom. The molecule has 0 aromatic carbocycles. The summed E-state index contributed by atoms with van der Waals surface area (Å²) < 4.78 is 30.0. The van der Waals surface area contributed by atoms with Gasteiger partial charge in [0, 0.05) is 0 Å². The van der Waals surface area contributed by atoms with Crippen molar-refractivity contribution in [3.8, 4) is 0 Å². The third kappa shape index (κ3) is 2.41. The van der Waals surface area contributed by atoms with E-state index < -0.39 is 22.0 Å². The highest BCUT2D eigenvalue weighted by atomic mass is 32.2. The van der Waals surface area contributed by atoms with E-state index in [9.17, 15) is 8.42 Å². The van der Waals surface area contributed by atoms with Crippen molar-refractivity contribution in [2.75, 3.05) is 6.61 Å². The number of aliphatic hydroxyl groups excluding tert-OH is 1. The Hall–Kier alpha value is -1.12. The molecule has 72 valence electrons. The van der Waals surface area contributed by atoms with Gasteiger partial charge in [-0.05, 0) is 0 Å². The summed E-state index contributed by atoms with van der Waals surface area (Å²) in [5, 5.41) is 7.17. The van der Waals surface area contributed by atoms with E-state index in [4.69, 9.17) is 9.66 Å². The third-order valence-corrected chi connectivity index (χ3v) is 2.41. The van der Waals surface area contributed by atoms with Crippen LogP contribution in [0.25, 0.3) is 0 Å². The molecular weight excluding hydrogens is 198 g/mol. The van der Waals surface area contributed by atoms with Gasteiger partial charge in [0.05, 0.1) is 6.61 Å². The first kappa shape index (κ1) is 9.96. The molecule has 0 bridgehead atoms. The SMILES string of the molecule is O=S(=O)(O)C(CO)c1ncncn1. The Bertz CT molecular complexity index is 365. The lowest BCUT2D eigenvalue weighted by atomic mass is 10.4. The predicted molar refractivity (Wildman–Crippen MR) is 41.2 cm³/mol. The fourth-order valence-corrected chi connectivity index (χ4v) is 1.30. The van der Waals surface area contributed by atoms with Crippen LogP contribution in [-0.2, 0) is 10.1 Å². The molecule has 2 N–H and O–H groups in total. The zero-order valence-corrected chi connectivity index (χ0v) is 7.22. The quantitative estimate of drug-likeness (QED) is 0.595. The summed E-state index contributed by atoms with van der Waals surface area (Å²) in [6.45, 7) is -0.775. The van der Waals surface area contributed by atoms with Crippen molar-refractivity contribution < 1.29 is 18.1 Å². The van der Waals surface area contributed by atoms with Crippen LogP contribution in [0.3, 0.4) is 0 Å². The Kier molecular flexibility index (Phi) is 2.86. The molecule has 1 aromatic rings. The van der Waals surface area contributed by atoms with Gasteiger partial charge in [-0.1, -0.05) is 0 Å². The Labute approximate surface area is 74.2 Å². The normalized spacial score (nSPS) is 14.0. The average Bonchev–Trinajstić information content (AvgIpc) is 2.05. The Morgan fingerprint density at radius 2 is 1.92 bits per heavy atom. The van der Waals surface area contributed by atoms with Gasteiger partial charge in [0.1, 0.15) is 12.7 Å². The van der Waals surface area contributed by atoms with Crippen LogP contribution >= 0.6 is 0 Å². The zero-order chi connectivity index (χ0) is 9.90. The van der Waals surface area contributed by atoms with Crippen LogP contribution in [0, 0.1) is 0 Å². The molecule has 0 amide bonds. The second-order valence-corrected chi connectivity index (χ2v) is 3.78. The summed E-state index contributed by atoms with van der Waals surface area (Å²) in [6.07, 6.45) is 2.16. The van der Waals surface area contributed by atoms with Crippen molar-refractivity contribution in [2.45, 2.75) is 5.25 Å². The molecule has 0 saturated carbocycles. The first-order valence-electron chi connectivity index (χ1n) is 3.24. The molecule has 0 saturated heterocycles. The number of aliphatic hydroxyl groups is 1. The van der Waals surface area contributed by atoms with Crippen LogP contribution in [0.2, 0.25) is 0 Å². The molecule has 1 aromatic heterocycles. The summed E-state index contributed by atoms with van der Waals surface area (Å²) >= 11 is 0. The topological polar surface area (TPSA) is 113 Å². The second kappa shape index (κ2) is 3.73. The maximum Gasteiger partial charge on any atom is 0.277 e. The molecule has 1 atom stereocenters. The maximum atomic E-state index is 10.7. The number of aromatic nitrogens is 3. The molecule has 7 nitrogen and oxygen atoms in total. The summed E-state index contributed by atoms with van der Waals surface area (Å²) in [4.78, 5) is 10.5. The Morgan fingerprint density at radius 3 is 2.31 bits per heavy atom. The van der Waals surface area contributed by atoms with Gasteiger partial charge in [-0.2, -0.15) is 8.42 Å². The summed E-state index contributed by atoms with van der Waals surface area (Å²) in [6, 6.07) is 0. The molecule has 0 spiro atoms. The van der Waals surface area contributed by atoms with E-state index in [1.54, 1.807) is 0 Å². The molecule has 0 aliphatic rings. The van der Waals surface area contributed by atoms with E-state index in [1.807, 2.05) is 0 Å². The molecule has 8 heteroatoms. The molecule has 0 aliphatic carbocycles. The van der Waals surface area contributed by atoms with Gasteiger partial charge in [-0.25, -0.2) is 15.0 Å². The second-order valence-electron chi connectivity index (χ2n) is 2.18. The monoisotopic (exact) mass is 205 g/mol. The smallest absolute Gasteiger partial charge is 0.277 e. The van der Waals surface area contributed by atoms with Gasteiger partial charge in [0.15, 0.2) is 11.1 Å². The predicted octanol–water partition coefficient (Wildman–Crippen LogP) is -1.21. The number of hydrogen-bond donors (Lipinski definition) is 2. The molecule has 1 unspecified atom stereocenters. The molecule has 0 aliphatic heterocycles. The molecular formula is C5H7N3O4S. The van der Waals surface area contributed by atoms with Gasteiger partial charge in [0.25, 0.3) is 10.1 Å². The zero-order valence-electron chi connectivity index (χ0n) is 6.40. The lowest BCUT2D eigenvalue weighted by molar-refractivity contribution is 0.281. The molecule has 1 heterocycles. The standard InChI is InChI=1S/C5H7N3O4S/c9-1-4(13(10,11)12)5-7-2-6-3-8-5/h2-4,9H,1H2,(H,10,11,12). The van der Waals surface area contributed by atoms with Crippen LogP contribution in [0.4, 0.5) is 0 Å². The minimum absolute atomic E-state index is 0.181.